The molecule has 2 saturated carbocycles. The van der Waals surface area contributed by atoms with Gasteiger partial charge in [-0.1, -0.05) is 13.8 Å². The molecule has 2 rings (SSSR count). The van der Waals surface area contributed by atoms with Crippen molar-refractivity contribution in [3.63, 3.8) is 0 Å². The van der Waals surface area contributed by atoms with Gasteiger partial charge in [0, 0.05) is 5.54 Å². The van der Waals surface area contributed by atoms with Crippen LogP contribution in [0.3, 0.4) is 0 Å². The summed E-state index contributed by atoms with van der Waals surface area (Å²) in [7, 11) is 0. The third kappa shape index (κ3) is 5.91. The number of aliphatic hydroxyl groups excluding tert-OH is 2. The van der Waals surface area contributed by atoms with Gasteiger partial charge in [0.2, 0.25) is 0 Å². The van der Waals surface area contributed by atoms with Crippen LogP contribution in [-0.2, 0) is 19.1 Å². The summed E-state index contributed by atoms with van der Waals surface area (Å²) >= 11 is 0. The Bertz CT molecular complexity index is 509. The van der Waals surface area contributed by atoms with E-state index in [0.717, 1.165) is 25.7 Å². The molecule has 2 atom stereocenters. The average Bonchev–Trinajstić information content (AvgIpc) is 2.69. The van der Waals surface area contributed by atoms with Crippen LogP contribution in [-0.4, -0.2) is 53.2 Å². The molecule has 0 heterocycles. The lowest BCUT2D eigenvalue weighted by molar-refractivity contribution is -0.155. The summed E-state index contributed by atoms with van der Waals surface area (Å²) in [6, 6.07) is 0. The summed E-state index contributed by atoms with van der Waals surface area (Å²) < 4.78 is 10.7. The smallest absolute Gasteiger partial charge is 0.310 e. The van der Waals surface area contributed by atoms with E-state index in [0.29, 0.717) is 32.3 Å². The van der Waals surface area contributed by atoms with Gasteiger partial charge in [0.1, 0.15) is 6.73 Å². The van der Waals surface area contributed by atoms with Gasteiger partial charge in [0.25, 0.3) is 0 Å². The molecule has 2 aliphatic carbocycles. The molecule has 2 aliphatic rings. The molecule has 0 aliphatic heterocycles. The van der Waals surface area contributed by atoms with E-state index in [4.69, 9.17) is 9.47 Å². The van der Waals surface area contributed by atoms with Crippen LogP contribution in [0.25, 0.3) is 0 Å². The largest absolute Gasteiger partial charge is 0.466 e. The maximum atomic E-state index is 12.5. The number of rotatable bonds is 8. The molecule has 3 N–H and O–H groups in total. The van der Waals surface area contributed by atoms with Crippen LogP contribution in [0, 0.1) is 17.8 Å². The van der Waals surface area contributed by atoms with Crippen molar-refractivity contribution in [1.29, 1.82) is 0 Å². The van der Waals surface area contributed by atoms with Crippen molar-refractivity contribution < 1.29 is 29.3 Å². The molecule has 7 heteroatoms. The highest BCUT2D eigenvalue weighted by molar-refractivity contribution is 5.74. The molecule has 7 nitrogen and oxygen atoms in total. The van der Waals surface area contributed by atoms with Gasteiger partial charge >= 0.3 is 11.9 Å². The number of aliphatic hydroxyl groups is 2. The Morgan fingerprint density at radius 3 is 2.11 bits per heavy atom. The third-order valence-corrected chi connectivity index (χ3v) is 6.78. The van der Waals surface area contributed by atoms with Gasteiger partial charge in [-0.3, -0.25) is 14.9 Å². The highest BCUT2D eigenvalue weighted by Crippen LogP contribution is 2.35. The van der Waals surface area contributed by atoms with Crippen LogP contribution >= 0.6 is 0 Å². The lowest BCUT2D eigenvalue weighted by atomic mass is 9.72. The summed E-state index contributed by atoms with van der Waals surface area (Å²) in [5.41, 5.74) is -0.538. The highest BCUT2D eigenvalue weighted by atomic mass is 16.5. The first-order chi connectivity index (χ1) is 13.3. The van der Waals surface area contributed by atoms with Crippen LogP contribution in [0.4, 0.5) is 0 Å². The Morgan fingerprint density at radius 1 is 0.964 bits per heavy atom. The Balaban J connectivity index is 1.90. The predicted molar refractivity (Wildman–Crippen MR) is 104 cm³/mol. The summed E-state index contributed by atoms with van der Waals surface area (Å²) in [5.74, 6) is -0.875. The quantitative estimate of drug-likeness (QED) is 0.424. The van der Waals surface area contributed by atoms with Crippen molar-refractivity contribution in [3.05, 3.63) is 0 Å². The van der Waals surface area contributed by atoms with E-state index >= 15 is 0 Å². The van der Waals surface area contributed by atoms with Gasteiger partial charge in [-0.05, 0) is 64.2 Å². The first-order valence-electron chi connectivity index (χ1n) is 10.7. The van der Waals surface area contributed by atoms with Gasteiger partial charge in [-0.15, -0.1) is 0 Å². The predicted octanol–water partition coefficient (Wildman–Crippen LogP) is 2.14. The number of carbonyl (C=O) groups is 2. The van der Waals surface area contributed by atoms with Gasteiger partial charge < -0.3 is 19.7 Å². The van der Waals surface area contributed by atoms with Crippen LogP contribution in [0.15, 0.2) is 0 Å². The molecular weight excluding hydrogens is 362 g/mol. The fraction of sp³-hybridized carbons (Fsp3) is 0.905. The number of nitrogens with one attached hydrogen (secondary N) is 1. The van der Waals surface area contributed by atoms with Gasteiger partial charge in [-0.25, -0.2) is 0 Å². The van der Waals surface area contributed by atoms with Crippen molar-refractivity contribution in [2.45, 2.75) is 89.9 Å². The van der Waals surface area contributed by atoms with Crippen molar-refractivity contribution in [2.24, 2.45) is 17.8 Å². The minimum Gasteiger partial charge on any atom is -0.466 e. The van der Waals surface area contributed by atoms with E-state index in [2.05, 4.69) is 5.32 Å². The van der Waals surface area contributed by atoms with Gasteiger partial charge in [0.05, 0.1) is 30.7 Å². The van der Waals surface area contributed by atoms with Crippen molar-refractivity contribution >= 4 is 11.9 Å². The van der Waals surface area contributed by atoms with Crippen molar-refractivity contribution in [1.82, 2.24) is 5.32 Å². The maximum absolute atomic E-state index is 12.5. The molecule has 0 bridgehead atoms. The van der Waals surface area contributed by atoms with E-state index < -0.39 is 11.5 Å². The van der Waals surface area contributed by atoms with Gasteiger partial charge in [0.15, 0.2) is 0 Å². The lowest BCUT2D eigenvalue weighted by Crippen LogP contribution is -2.56. The highest BCUT2D eigenvalue weighted by Gasteiger charge is 2.43. The number of ether oxygens (including phenoxy) is 2. The first kappa shape index (κ1) is 23.1. The number of hydrogen-bond donors (Lipinski definition) is 3. The molecule has 2 unspecified atom stereocenters. The monoisotopic (exact) mass is 399 g/mol. The topological polar surface area (TPSA) is 105 Å². The zero-order chi connectivity index (χ0) is 20.7. The average molecular weight is 400 g/mol. The van der Waals surface area contributed by atoms with E-state index in [9.17, 15) is 19.8 Å². The summed E-state index contributed by atoms with van der Waals surface area (Å²) in [4.78, 5) is 24.8. The lowest BCUT2D eigenvalue weighted by Gasteiger charge is -2.43. The molecular formula is C21H37NO6. The maximum Gasteiger partial charge on any atom is 0.310 e. The van der Waals surface area contributed by atoms with Crippen LogP contribution in [0.5, 0.6) is 0 Å². The van der Waals surface area contributed by atoms with E-state index in [1.165, 1.54) is 0 Å². The standard InChI is InChI=1S/C21H37NO6/c1-4-27-20(26)15(3)21(11-9-18(24)10-12-21)22-13-28-19(25)14(2)16-5-7-17(23)8-6-16/h14-18,22-24H,4-13H2,1-3H3. The second kappa shape index (κ2) is 10.6. The normalized spacial score (nSPS) is 33.0. The number of hydrogen-bond acceptors (Lipinski definition) is 7. The van der Waals surface area contributed by atoms with Crippen LogP contribution in [0.2, 0.25) is 0 Å². The fourth-order valence-electron chi connectivity index (χ4n) is 4.55. The summed E-state index contributed by atoms with van der Waals surface area (Å²) in [6.45, 7) is 5.87. The molecule has 0 amide bonds. The molecule has 0 saturated heterocycles. The second-order valence-corrected chi connectivity index (χ2v) is 8.50. The summed E-state index contributed by atoms with van der Waals surface area (Å²) in [6.07, 6.45) is 5.02. The van der Waals surface area contributed by atoms with Crippen molar-refractivity contribution in [3.8, 4) is 0 Å². The minimum absolute atomic E-state index is 0.0400. The Hall–Kier alpha value is -1.18. The molecule has 0 aromatic carbocycles. The molecule has 162 valence electrons. The second-order valence-electron chi connectivity index (χ2n) is 8.50. The molecule has 28 heavy (non-hydrogen) atoms. The van der Waals surface area contributed by atoms with Gasteiger partial charge in [-0.2, -0.15) is 0 Å². The van der Waals surface area contributed by atoms with E-state index in [1.54, 1.807) is 6.92 Å². The Kier molecular flexibility index (Phi) is 8.71. The molecule has 0 aromatic rings. The van der Waals surface area contributed by atoms with Crippen LogP contribution < -0.4 is 5.32 Å². The minimum atomic E-state index is -0.538. The number of esters is 2. The Morgan fingerprint density at radius 2 is 1.54 bits per heavy atom. The Labute approximate surface area is 168 Å². The first-order valence-corrected chi connectivity index (χ1v) is 10.7. The molecule has 2 fully saturated rings. The SMILES string of the molecule is CCOC(=O)C(C)C1(NCOC(=O)C(C)C2CCC(O)CC2)CCC(O)CC1. The molecule has 0 radical (unpaired) electrons. The number of carbonyl (C=O) groups excluding carboxylic acids is 2. The fourth-order valence-corrected chi connectivity index (χ4v) is 4.55. The molecule has 0 spiro atoms. The summed E-state index contributed by atoms with van der Waals surface area (Å²) in [5, 5.41) is 22.8. The zero-order valence-electron chi connectivity index (χ0n) is 17.5. The van der Waals surface area contributed by atoms with Crippen molar-refractivity contribution in [2.75, 3.05) is 13.3 Å². The zero-order valence-corrected chi connectivity index (χ0v) is 17.5. The van der Waals surface area contributed by atoms with Crippen LogP contribution in [0.1, 0.15) is 72.1 Å². The van der Waals surface area contributed by atoms with E-state index in [-0.39, 0.29) is 42.7 Å². The van der Waals surface area contributed by atoms with E-state index in [1.807, 2.05) is 13.8 Å². The molecule has 0 aromatic heterocycles. The third-order valence-electron chi connectivity index (χ3n) is 6.78.